The van der Waals surface area contributed by atoms with Gasteiger partial charge in [0.05, 0.1) is 6.10 Å². The van der Waals surface area contributed by atoms with E-state index in [9.17, 15) is 13.6 Å². The van der Waals surface area contributed by atoms with Gasteiger partial charge in [0.25, 0.3) is 5.91 Å². The van der Waals surface area contributed by atoms with Gasteiger partial charge in [-0.05, 0) is 67.6 Å². The first kappa shape index (κ1) is 18.0. The van der Waals surface area contributed by atoms with Crippen molar-refractivity contribution in [3.63, 3.8) is 0 Å². The van der Waals surface area contributed by atoms with Gasteiger partial charge in [0.2, 0.25) is 0 Å². The number of hydrogen-bond donors (Lipinski definition) is 1. The summed E-state index contributed by atoms with van der Waals surface area (Å²) in [6.45, 7) is -2.76. The summed E-state index contributed by atoms with van der Waals surface area (Å²) in [6, 6.07) is 6.47. The highest BCUT2D eigenvalue weighted by molar-refractivity contribution is 6.08. The second-order valence-electron chi connectivity index (χ2n) is 8.79. The summed E-state index contributed by atoms with van der Waals surface area (Å²) < 4.78 is 30.1. The van der Waals surface area contributed by atoms with E-state index in [-0.39, 0.29) is 11.9 Å². The van der Waals surface area contributed by atoms with Gasteiger partial charge in [0.1, 0.15) is 0 Å². The lowest BCUT2D eigenvalue weighted by Gasteiger charge is -2.45. The van der Waals surface area contributed by atoms with Crippen LogP contribution in [0.25, 0.3) is 0 Å². The number of aliphatic imine (C=N–C) groups is 1. The lowest BCUT2D eigenvalue weighted by Crippen LogP contribution is -2.51. The quantitative estimate of drug-likeness (QED) is 0.863. The lowest BCUT2D eigenvalue weighted by molar-refractivity contribution is -0.178. The number of hydrogen-bond acceptors (Lipinski definition) is 4. The monoisotopic (exact) mass is 389 g/mol. The summed E-state index contributed by atoms with van der Waals surface area (Å²) in [5, 5.41) is 0. The van der Waals surface area contributed by atoms with Crippen LogP contribution in [0.15, 0.2) is 23.2 Å². The highest BCUT2D eigenvalue weighted by Crippen LogP contribution is 2.62. The molecular formula is C21H25F2N3O2. The van der Waals surface area contributed by atoms with Gasteiger partial charge in [0.15, 0.2) is 11.5 Å². The molecule has 5 nitrogen and oxygen atoms in total. The number of fused-ring (bicyclic) bond motifs is 3. The second-order valence-corrected chi connectivity index (χ2v) is 8.79. The molecule has 7 heteroatoms. The molecule has 3 aliphatic carbocycles. The zero-order chi connectivity index (χ0) is 19.7. The van der Waals surface area contributed by atoms with E-state index in [0.29, 0.717) is 31.6 Å². The van der Waals surface area contributed by atoms with Crippen molar-refractivity contribution in [3.8, 4) is 0 Å². The number of halogens is 2. The molecule has 1 aromatic carbocycles. The van der Waals surface area contributed by atoms with Gasteiger partial charge in [0, 0.05) is 12.5 Å². The third-order valence-electron chi connectivity index (χ3n) is 7.29. The maximum Gasteiger partial charge on any atom is 0.345 e. The molecule has 1 atom stereocenters. The van der Waals surface area contributed by atoms with E-state index in [1.165, 1.54) is 23.3 Å². The molecule has 1 aliphatic heterocycles. The Morgan fingerprint density at radius 1 is 1.25 bits per heavy atom. The highest BCUT2D eigenvalue weighted by Gasteiger charge is 2.66. The molecule has 1 aromatic rings. The highest BCUT2D eigenvalue weighted by atomic mass is 19.3. The van der Waals surface area contributed by atoms with Crippen molar-refractivity contribution in [2.24, 2.45) is 16.1 Å². The lowest BCUT2D eigenvalue weighted by atomic mass is 9.61. The topological polar surface area (TPSA) is 67.9 Å². The van der Waals surface area contributed by atoms with Crippen LogP contribution in [-0.4, -0.2) is 36.5 Å². The molecule has 0 radical (unpaired) electrons. The molecule has 5 rings (SSSR count). The minimum Gasteiger partial charge on any atom is -0.369 e. The predicted molar refractivity (Wildman–Crippen MR) is 100.0 cm³/mol. The molecular weight excluding hydrogens is 364 g/mol. The van der Waals surface area contributed by atoms with Gasteiger partial charge in [-0.15, -0.1) is 0 Å². The average molecular weight is 389 g/mol. The largest absolute Gasteiger partial charge is 0.369 e. The standard InChI is InChI=1S/C21H25F2N3O2/c1-26-17(27)21(25-19(26)24)16-10-13(12-2-3-12)4-5-14(16)11-20(21)8-6-15(7-9-20)28-18(22)23/h4-5,10,12,15,18H,2-3,6-9,11H2,1H3,(H2,24,25)/t15-,20-,21-/m1/s1. The third-order valence-corrected chi connectivity index (χ3v) is 7.29. The molecule has 4 aliphatic rings. The first-order valence-electron chi connectivity index (χ1n) is 10.1. The molecule has 2 saturated carbocycles. The first-order valence-corrected chi connectivity index (χ1v) is 10.1. The van der Waals surface area contributed by atoms with Crippen molar-refractivity contribution >= 4 is 11.9 Å². The van der Waals surface area contributed by atoms with E-state index in [2.05, 4.69) is 18.2 Å². The van der Waals surface area contributed by atoms with Crippen LogP contribution in [0.1, 0.15) is 61.1 Å². The number of carbonyl (C=O) groups is 1. The van der Waals surface area contributed by atoms with Crippen LogP contribution < -0.4 is 5.73 Å². The fraction of sp³-hybridized carbons (Fsp3) is 0.619. The Bertz CT molecular complexity index is 859. The Morgan fingerprint density at radius 2 is 1.96 bits per heavy atom. The Morgan fingerprint density at radius 3 is 2.54 bits per heavy atom. The van der Waals surface area contributed by atoms with Crippen LogP contribution in [0.3, 0.4) is 0 Å². The number of rotatable bonds is 3. The van der Waals surface area contributed by atoms with E-state index < -0.39 is 23.7 Å². The van der Waals surface area contributed by atoms with E-state index in [1.807, 2.05) is 0 Å². The van der Waals surface area contributed by atoms with Crippen LogP contribution in [0, 0.1) is 5.41 Å². The third kappa shape index (κ3) is 2.38. The first-order chi connectivity index (χ1) is 13.4. The van der Waals surface area contributed by atoms with Gasteiger partial charge >= 0.3 is 6.61 Å². The molecule has 2 spiro atoms. The smallest absolute Gasteiger partial charge is 0.345 e. The number of nitrogens with two attached hydrogens (primary N) is 1. The summed E-state index contributed by atoms with van der Waals surface area (Å²) in [6.07, 6.45) is 4.87. The molecule has 0 saturated heterocycles. The fourth-order valence-electron chi connectivity index (χ4n) is 5.66. The molecule has 0 unspecified atom stereocenters. The maximum atomic E-state index is 13.5. The van der Waals surface area contributed by atoms with Crippen molar-refractivity contribution in [3.05, 3.63) is 34.9 Å². The van der Waals surface area contributed by atoms with E-state index in [1.54, 1.807) is 7.05 Å². The summed E-state index contributed by atoms with van der Waals surface area (Å²) in [5.41, 5.74) is 8.03. The molecule has 1 amide bonds. The minimum atomic E-state index is -2.76. The van der Waals surface area contributed by atoms with Crippen molar-refractivity contribution < 1.29 is 18.3 Å². The Hall–Kier alpha value is -2.02. The van der Waals surface area contributed by atoms with Crippen LogP contribution in [0.2, 0.25) is 0 Å². The van der Waals surface area contributed by atoms with Crippen LogP contribution >= 0.6 is 0 Å². The molecule has 2 fully saturated rings. The normalized spacial score (nSPS) is 34.6. The van der Waals surface area contributed by atoms with Crippen molar-refractivity contribution in [2.75, 3.05) is 7.05 Å². The van der Waals surface area contributed by atoms with Gasteiger partial charge in [-0.3, -0.25) is 9.69 Å². The summed E-state index contributed by atoms with van der Waals surface area (Å²) >= 11 is 0. The Balaban J connectivity index is 1.58. The summed E-state index contributed by atoms with van der Waals surface area (Å²) in [5.74, 6) is 0.717. The van der Waals surface area contributed by atoms with E-state index >= 15 is 0 Å². The number of nitrogens with zero attached hydrogens (tertiary/aromatic N) is 2. The van der Waals surface area contributed by atoms with Crippen LogP contribution in [-0.2, 0) is 21.5 Å². The van der Waals surface area contributed by atoms with Gasteiger partial charge in [-0.2, -0.15) is 8.78 Å². The Kier molecular flexibility index (Phi) is 3.86. The maximum absolute atomic E-state index is 13.5. The Labute approximate surface area is 162 Å². The zero-order valence-electron chi connectivity index (χ0n) is 16.0. The van der Waals surface area contributed by atoms with E-state index in [4.69, 9.17) is 15.5 Å². The van der Waals surface area contributed by atoms with Gasteiger partial charge < -0.3 is 10.5 Å². The molecule has 0 aromatic heterocycles. The van der Waals surface area contributed by atoms with E-state index in [0.717, 1.165) is 17.5 Å². The van der Waals surface area contributed by atoms with Crippen LogP contribution in [0.5, 0.6) is 0 Å². The molecule has 150 valence electrons. The number of guanidine groups is 1. The number of likely N-dealkylation sites (N-methyl/N-ethyl adjacent to an activating group) is 1. The predicted octanol–water partition coefficient (Wildman–Crippen LogP) is 3.27. The molecule has 1 heterocycles. The molecule has 28 heavy (non-hydrogen) atoms. The number of benzene rings is 1. The number of amides is 1. The SMILES string of the molecule is CN1C(=O)[C@]2(N=C1N)c1cc(C3CC3)ccc1C[C@]21CC[C@@H](OC(F)F)CC1. The number of carbonyl (C=O) groups excluding carboxylic acids is 1. The van der Waals surface area contributed by atoms with Crippen molar-refractivity contribution in [1.82, 2.24) is 4.90 Å². The van der Waals surface area contributed by atoms with Crippen molar-refractivity contribution in [1.29, 1.82) is 0 Å². The molecule has 2 N–H and O–H groups in total. The van der Waals surface area contributed by atoms with Gasteiger partial charge in [-0.25, -0.2) is 4.99 Å². The number of alkyl halides is 2. The average Bonchev–Trinajstić information content (AvgIpc) is 3.44. The van der Waals surface area contributed by atoms with Crippen molar-refractivity contribution in [2.45, 2.75) is 69.1 Å². The second kappa shape index (κ2) is 5.99. The summed E-state index contributed by atoms with van der Waals surface area (Å²) in [7, 11) is 1.66. The minimum absolute atomic E-state index is 0.0927. The van der Waals surface area contributed by atoms with Crippen LogP contribution in [0.4, 0.5) is 8.78 Å². The fourth-order valence-corrected chi connectivity index (χ4v) is 5.66. The molecule has 0 bridgehead atoms. The van der Waals surface area contributed by atoms with Gasteiger partial charge in [-0.1, -0.05) is 18.2 Å². The summed E-state index contributed by atoms with van der Waals surface area (Å²) in [4.78, 5) is 19.7. The number of ether oxygens (including phenoxy) is 1. The zero-order valence-corrected chi connectivity index (χ0v) is 16.0.